The summed E-state index contributed by atoms with van der Waals surface area (Å²) in [6, 6.07) is 16.6. The minimum Gasteiger partial charge on any atom is -0.459 e. The summed E-state index contributed by atoms with van der Waals surface area (Å²) in [7, 11) is 0. The Morgan fingerprint density at radius 1 is 1.07 bits per heavy atom. The lowest BCUT2D eigenvalue weighted by atomic mass is 9.98. The summed E-state index contributed by atoms with van der Waals surface area (Å²) in [5.41, 5.74) is 1.17. The van der Waals surface area contributed by atoms with Gasteiger partial charge in [-0.3, -0.25) is 9.59 Å². The van der Waals surface area contributed by atoms with Crippen molar-refractivity contribution >= 4 is 27.7 Å². The van der Waals surface area contributed by atoms with Crippen LogP contribution in [0.25, 0.3) is 0 Å². The molecule has 7 heteroatoms. The van der Waals surface area contributed by atoms with Gasteiger partial charge in [0.05, 0.1) is 12.3 Å². The molecule has 0 fully saturated rings. The van der Waals surface area contributed by atoms with Crippen LogP contribution in [0.15, 0.2) is 75.8 Å². The van der Waals surface area contributed by atoms with E-state index >= 15 is 0 Å². The molecule has 2 amide bonds. The first-order valence-corrected chi connectivity index (χ1v) is 9.95. The Kier molecular flexibility index (Phi) is 7.19. The molecule has 0 saturated carbocycles. The van der Waals surface area contributed by atoms with Gasteiger partial charge in [0.2, 0.25) is 5.91 Å². The summed E-state index contributed by atoms with van der Waals surface area (Å²) in [6.45, 7) is 0.329. The third kappa shape index (κ3) is 5.77. The molecule has 29 heavy (non-hydrogen) atoms. The summed E-state index contributed by atoms with van der Waals surface area (Å²) < 4.78 is 20.2. The second-order valence-electron chi connectivity index (χ2n) is 6.41. The lowest BCUT2D eigenvalue weighted by Crippen LogP contribution is -2.31. The van der Waals surface area contributed by atoms with Crippen molar-refractivity contribution in [1.82, 2.24) is 10.6 Å². The maximum absolute atomic E-state index is 14.5. The molecule has 1 aromatic heterocycles. The van der Waals surface area contributed by atoms with Crippen LogP contribution in [-0.4, -0.2) is 18.4 Å². The number of hydrogen-bond acceptors (Lipinski definition) is 3. The molecule has 1 heterocycles. The summed E-state index contributed by atoms with van der Waals surface area (Å²) in [5.74, 6) is -0.730. The molecule has 0 radical (unpaired) electrons. The van der Waals surface area contributed by atoms with Crippen LogP contribution >= 0.6 is 15.9 Å². The van der Waals surface area contributed by atoms with Crippen molar-refractivity contribution in [3.8, 4) is 0 Å². The van der Waals surface area contributed by atoms with Gasteiger partial charge in [-0.25, -0.2) is 4.39 Å². The number of carbonyl (C=O) groups is 2. The van der Waals surface area contributed by atoms with Gasteiger partial charge in [-0.05, 0) is 36.2 Å². The Morgan fingerprint density at radius 2 is 1.86 bits per heavy atom. The Morgan fingerprint density at radius 3 is 2.55 bits per heavy atom. The van der Waals surface area contributed by atoms with E-state index in [0.29, 0.717) is 23.0 Å². The zero-order valence-corrected chi connectivity index (χ0v) is 17.1. The van der Waals surface area contributed by atoms with Gasteiger partial charge < -0.3 is 15.1 Å². The predicted molar refractivity (Wildman–Crippen MR) is 111 cm³/mol. The fourth-order valence-electron chi connectivity index (χ4n) is 2.90. The molecule has 0 aliphatic rings. The Bertz CT molecular complexity index is 961. The lowest BCUT2D eigenvalue weighted by molar-refractivity contribution is -0.121. The average molecular weight is 459 g/mol. The maximum Gasteiger partial charge on any atom is 0.286 e. The zero-order chi connectivity index (χ0) is 20.6. The van der Waals surface area contributed by atoms with Crippen LogP contribution < -0.4 is 10.6 Å². The highest BCUT2D eigenvalue weighted by atomic mass is 79.9. The van der Waals surface area contributed by atoms with Crippen LogP contribution in [0.5, 0.6) is 0 Å². The second-order valence-corrected chi connectivity index (χ2v) is 7.33. The first-order chi connectivity index (χ1) is 14.0. The van der Waals surface area contributed by atoms with Gasteiger partial charge in [-0.2, -0.15) is 0 Å². The van der Waals surface area contributed by atoms with Crippen molar-refractivity contribution in [1.29, 1.82) is 0 Å². The van der Waals surface area contributed by atoms with Gasteiger partial charge >= 0.3 is 0 Å². The third-order valence-electron chi connectivity index (χ3n) is 4.32. The summed E-state index contributed by atoms with van der Waals surface area (Å²) in [6.07, 6.45) is 2.07. The number of nitrogens with one attached hydrogen (secondary N) is 2. The molecule has 2 aromatic carbocycles. The van der Waals surface area contributed by atoms with Gasteiger partial charge in [0, 0.05) is 23.0 Å². The molecule has 1 atom stereocenters. The van der Waals surface area contributed by atoms with Crippen molar-refractivity contribution < 1.29 is 18.4 Å². The van der Waals surface area contributed by atoms with E-state index < -0.39 is 11.9 Å². The molecule has 0 saturated heterocycles. The second kappa shape index (κ2) is 10.0. The average Bonchev–Trinajstić information content (AvgIpc) is 3.25. The van der Waals surface area contributed by atoms with Gasteiger partial charge in [-0.1, -0.05) is 52.3 Å². The zero-order valence-electron chi connectivity index (χ0n) is 15.5. The predicted octanol–water partition coefficient (Wildman–Crippen LogP) is 4.60. The quantitative estimate of drug-likeness (QED) is 0.484. The SMILES string of the molecule is O=C(CCCNC(=O)c1ccco1)N[C@@H](c1ccccc1)c1ccc(Br)cc1F. The van der Waals surface area contributed by atoms with Crippen LogP contribution in [0.2, 0.25) is 0 Å². The number of benzene rings is 2. The lowest BCUT2D eigenvalue weighted by Gasteiger charge is -2.20. The van der Waals surface area contributed by atoms with Gasteiger partial charge in [0.1, 0.15) is 5.82 Å². The van der Waals surface area contributed by atoms with Gasteiger partial charge in [0.25, 0.3) is 5.91 Å². The molecule has 150 valence electrons. The number of amides is 2. The fourth-order valence-corrected chi connectivity index (χ4v) is 3.23. The number of rotatable bonds is 8. The number of furan rings is 1. The number of carbonyl (C=O) groups excluding carboxylic acids is 2. The van der Waals surface area contributed by atoms with E-state index in [4.69, 9.17) is 4.42 Å². The highest BCUT2D eigenvalue weighted by Crippen LogP contribution is 2.26. The van der Waals surface area contributed by atoms with Crippen LogP contribution in [0.3, 0.4) is 0 Å². The largest absolute Gasteiger partial charge is 0.459 e. The molecular formula is C22H20BrFN2O3. The molecule has 3 aromatic rings. The minimum atomic E-state index is -0.602. The summed E-state index contributed by atoms with van der Waals surface area (Å²) in [4.78, 5) is 24.3. The molecule has 0 bridgehead atoms. The van der Waals surface area contributed by atoms with E-state index in [2.05, 4.69) is 26.6 Å². The Hall–Kier alpha value is -2.93. The van der Waals surface area contributed by atoms with E-state index in [0.717, 1.165) is 5.56 Å². The molecule has 0 unspecified atom stereocenters. The molecule has 2 N–H and O–H groups in total. The number of hydrogen-bond donors (Lipinski definition) is 2. The highest BCUT2D eigenvalue weighted by Gasteiger charge is 2.20. The Labute approximate surface area is 176 Å². The molecule has 3 rings (SSSR count). The standard InChI is InChI=1S/C22H20BrFN2O3/c23-16-10-11-17(18(24)14-16)21(15-6-2-1-3-7-15)26-20(27)9-4-12-25-22(28)19-8-5-13-29-19/h1-3,5-8,10-11,13-14,21H,4,9,12H2,(H,25,28)(H,26,27)/t21-/m0/s1. The van der Waals surface area contributed by atoms with Gasteiger partial charge in [0.15, 0.2) is 5.76 Å². The molecule has 0 spiro atoms. The van der Waals surface area contributed by atoms with E-state index in [1.165, 1.54) is 12.3 Å². The molecule has 0 aliphatic heterocycles. The molecule has 5 nitrogen and oxygen atoms in total. The van der Waals surface area contributed by atoms with Crippen molar-refractivity contribution in [3.63, 3.8) is 0 Å². The van der Waals surface area contributed by atoms with Crippen molar-refractivity contribution in [3.05, 3.63) is 94.1 Å². The smallest absolute Gasteiger partial charge is 0.286 e. The van der Waals surface area contributed by atoms with Crippen molar-refractivity contribution in [2.75, 3.05) is 6.54 Å². The van der Waals surface area contributed by atoms with Crippen LogP contribution in [-0.2, 0) is 4.79 Å². The fraction of sp³-hybridized carbons (Fsp3) is 0.182. The normalized spacial score (nSPS) is 11.7. The van der Waals surface area contributed by atoms with E-state index in [9.17, 15) is 14.0 Å². The van der Waals surface area contributed by atoms with Crippen molar-refractivity contribution in [2.24, 2.45) is 0 Å². The summed E-state index contributed by atoms with van der Waals surface area (Å²) >= 11 is 3.25. The van der Waals surface area contributed by atoms with E-state index in [-0.39, 0.29) is 24.0 Å². The first-order valence-electron chi connectivity index (χ1n) is 9.15. The topological polar surface area (TPSA) is 71.3 Å². The van der Waals surface area contributed by atoms with E-state index in [1.807, 2.05) is 30.3 Å². The highest BCUT2D eigenvalue weighted by molar-refractivity contribution is 9.10. The van der Waals surface area contributed by atoms with Crippen LogP contribution in [0.1, 0.15) is 40.6 Å². The summed E-state index contributed by atoms with van der Waals surface area (Å²) in [5, 5.41) is 5.59. The monoisotopic (exact) mass is 458 g/mol. The molecule has 0 aliphatic carbocycles. The Balaban J connectivity index is 1.60. The van der Waals surface area contributed by atoms with E-state index in [1.54, 1.807) is 24.3 Å². The maximum atomic E-state index is 14.5. The van der Waals surface area contributed by atoms with Crippen LogP contribution in [0, 0.1) is 5.82 Å². The molecular weight excluding hydrogens is 439 g/mol. The van der Waals surface area contributed by atoms with Gasteiger partial charge in [-0.15, -0.1) is 0 Å². The van der Waals surface area contributed by atoms with Crippen molar-refractivity contribution in [2.45, 2.75) is 18.9 Å². The minimum absolute atomic E-state index is 0.194. The van der Waals surface area contributed by atoms with Crippen LogP contribution in [0.4, 0.5) is 4.39 Å². The third-order valence-corrected chi connectivity index (χ3v) is 4.82. The first kappa shape index (κ1) is 20.8. The number of halogens is 2.